The predicted octanol–water partition coefficient (Wildman–Crippen LogP) is 2.04. The molecule has 1 amide bonds. The number of hydrogen-bond acceptors (Lipinski definition) is 7. The van der Waals surface area contributed by atoms with E-state index in [2.05, 4.69) is 20.4 Å². The van der Waals surface area contributed by atoms with Gasteiger partial charge in [-0.25, -0.2) is 0 Å². The summed E-state index contributed by atoms with van der Waals surface area (Å²) in [6, 6.07) is 0. The summed E-state index contributed by atoms with van der Waals surface area (Å²) in [6.07, 6.45) is 2.74. The minimum atomic E-state index is -0.151. The average Bonchev–Trinajstić information content (AvgIpc) is 3.32. The maximum absolute atomic E-state index is 12.4. The molecule has 1 N–H and O–H groups in total. The smallest absolute Gasteiger partial charge is 0.240 e. The highest BCUT2D eigenvalue weighted by Gasteiger charge is 2.24. The van der Waals surface area contributed by atoms with Crippen LogP contribution in [0.15, 0.2) is 4.52 Å². The van der Waals surface area contributed by atoms with E-state index in [9.17, 15) is 4.79 Å². The number of nitrogens with zero attached hydrogens (tertiary/aromatic N) is 4. The highest BCUT2D eigenvalue weighted by atomic mass is 35.5. The Morgan fingerprint density at radius 3 is 2.71 bits per heavy atom. The summed E-state index contributed by atoms with van der Waals surface area (Å²) in [6.45, 7) is 10.5. The van der Waals surface area contributed by atoms with Gasteiger partial charge in [-0.2, -0.15) is 4.98 Å². The Morgan fingerprint density at radius 2 is 2.07 bits per heavy atom. The van der Waals surface area contributed by atoms with E-state index < -0.39 is 0 Å². The number of carbonyl (C=O) groups excluding carboxylic acids is 1. The quantitative estimate of drug-likeness (QED) is 0.665. The third-order valence-corrected chi connectivity index (χ3v) is 5.28. The van der Waals surface area contributed by atoms with E-state index in [0.29, 0.717) is 43.1 Å². The van der Waals surface area contributed by atoms with Gasteiger partial charge in [-0.05, 0) is 45.7 Å². The summed E-state index contributed by atoms with van der Waals surface area (Å²) < 4.78 is 10.8. The van der Waals surface area contributed by atoms with Crippen molar-refractivity contribution >= 4 is 30.7 Å². The zero-order valence-corrected chi connectivity index (χ0v) is 18.4. The van der Waals surface area contributed by atoms with Gasteiger partial charge in [0.05, 0.1) is 6.54 Å². The Bertz CT molecular complexity index is 575. The SMILES string of the molecule is CCOC(C)c1noc(CN2CCN(C(=O)CCC3CCNC3)CC2)n1.Cl.Cl. The van der Waals surface area contributed by atoms with Crippen molar-refractivity contribution < 1.29 is 14.1 Å². The first-order valence-electron chi connectivity index (χ1n) is 9.80. The molecular weight excluding hydrogens is 405 g/mol. The van der Waals surface area contributed by atoms with Crippen LogP contribution < -0.4 is 5.32 Å². The molecular formula is C18H33Cl2N5O3. The molecule has 2 saturated heterocycles. The summed E-state index contributed by atoms with van der Waals surface area (Å²) in [4.78, 5) is 21.1. The second-order valence-corrected chi connectivity index (χ2v) is 7.20. The molecule has 28 heavy (non-hydrogen) atoms. The van der Waals surface area contributed by atoms with Gasteiger partial charge in [0.2, 0.25) is 11.8 Å². The number of hydrogen-bond donors (Lipinski definition) is 1. The number of amides is 1. The third-order valence-electron chi connectivity index (χ3n) is 5.28. The first-order valence-corrected chi connectivity index (χ1v) is 9.80. The number of ether oxygens (including phenoxy) is 1. The molecule has 0 aliphatic carbocycles. The van der Waals surface area contributed by atoms with Crippen molar-refractivity contribution in [3.05, 3.63) is 11.7 Å². The zero-order valence-electron chi connectivity index (χ0n) is 16.8. The zero-order chi connectivity index (χ0) is 18.4. The number of halogens is 2. The molecule has 3 rings (SSSR count). The second-order valence-electron chi connectivity index (χ2n) is 7.20. The molecule has 2 atom stereocenters. The number of aromatic nitrogens is 2. The van der Waals surface area contributed by atoms with Crippen LogP contribution in [-0.4, -0.2) is 71.7 Å². The molecule has 0 saturated carbocycles. The molecule has 0 spiro atoms. The number of rotatable bonds is 8. The molecule has 2 aliphatic rings. The lowest BCUT2D eigenvalue weighted by molar-refractivity contribution is -0.133. The molecule has 10 heteroatoms. The third kappa shape index (κ3) is 7.15. The van der Waals surface area contributed by atoms with Gasteiger partial charge < -0.3 is 19.5 Å². The number of carbonyl (C=O) groups is 1. The van der Waals surface area contributed by atoms with E-state index in [0.717, 1.165) is 45.7 Å². The van der Waals surface area contributed by atoms with E-state index >= 15 is 0 Å². The van der Waals surface area contributed by atoms with Crippen LogP contribution in [0, 0.1) is 5.92 Å². The van der Waals surface area contributed by atoms with E-state index in [-0.39, 0.29) is 30.9 Å². The van der Waals surface area contributed by atoms with Crippen LogP contribution in [0.5, 0.6) is 0 Å². The molecule has 0 bridgehead atoms. The fourth-order valence-electron chi connectivity index (χ4n) is 3.62. The van der Waals surface area contributed by atoms with Gasteiger partial charge in [-0.15, -0.1) is 24.8 Å². The minimum absolute atomic E-state index is 0. The van der Waals surface area contributed by atoms with Crippen LogP contribution in [0.2, 0.25) is 0 Å². The van der Waals surface area contributed by atoms with Crippen molar-refractivity contribution in [1.29, 1.82) is 0 Å². The van der Waals surface area contributed by atoms with Crippen molar-refractivity contribution in [1.82, 2.24) is 25.3 Å². The van der Waals surface area contributed by atoms with Crippen molar-refractivity contribution in [2.24, 2.45) is 5.92 Å². The Morgan fingerprint density at radius 1 is 1.32 bits per heavy atom. The van der Waals surface area contributed by atoms with E-state index in [4.69, 9.17) is 9.26 Å². The van der Waals surface area contributed by atoms with E-state index in [1.807, 2.05) is 18.7 Å². The van der Waals surface area contributed by atoms with Gasteiger partial charge in [0, 0.05) is 39.2 Å². The molecule has 8 nitrogen and oxygen atoms in total. The number of nitrogens with one attached hydrogen (secondary N) is 1. The number of piperazine rings is 1. The lowest BCUT2D eigenvalue weighted by Gasteiger charge is -2.34. The van der Waals surface area contributed by atoms with Crippen LogP contribution in [0.4, 0.5) is 0 Å². The normalized spacial score (nSPS) is 21.1. The fraction of sp³-hybridized carbons (Fsp3) is 0.833. The summed E-state index contributed by atoms with van der Waals surface area (Å²) in [5.41, 5.74) is 0. The fourth-order valence-corrected chi connectivity index (χ4v) is 3.62. The van der Waals surface area contributed by atoms with Crippen LogP contribution in [-0.2, 0) is 16.1 Å². The van der Waals surface area contributed by atoms with Crippen molar-refractivity contribution in [2.45, 2.75) is 45.8 Å². The summed E-state index contributed by atoms with van der Waals surface area (Å²) in [5.74, 6) is 2.17. The lowest BCUT2D eigenvalue weighted by atomic mass is 10.0. The molecule has 2 aliphatic heterocycles. The first kappa shape index (κ1) is 25.1. The molecule has 2 fully saturated rings. The van der Waals surface area contributed by atoms with Crippen LogP contribution in [0.25, 0.3) is 0 Å². The molecule has 162 valence electrons. The van der Waals surface area contributed by atoms with Gasteiger partial charge in [-0.3, -0.25) is 9.69 Å². The molecule has 1 aromatic rings. The monoisotopic (exact) mass is 437 g/mol. The largest absolute Gasteiger partial charge is 0.371 e. The van der Waals surface area contributed by atoms with E-state index in [1.54, 1.807) is 0 Å². The Kier molecular flexibility index (Phi) is 11.3. The highest BCUT2D eigenvalue weighted by molar-refractivity contribution is 5.85. The van der Waals surface area contributed by atoms with Gasteiger partial charge >= 0.3 is 0 Å². The minimum Gasteiger partial charge on any atom is -0.371 e. The van der Waals surface area contributed by atoms with Crippen molar-refractivity contribution in [2.75, 3.05) is 45.9 Å². The maximum atomic E-state index is 12.4. The topological polar surface area (TPSA) is 83.7 Å². The molecule has 1 aromatic heterocycles. The van der Waals surface area contributed by atoms with Gasteiger partial charge in [0.25, 0.3) is 0 Å². The van der Waals surface area contributed by atoms with E-state index in [1.165, 1.54) is 6.42 Å². The molecule has 2 unspecified atom stereocenters. The molecule has 0 aromatic carbocycles. The van der Waals surface area contributed by atoms with Crippen LogP contribution >= 0.6 is 24.8 Å². The van der Waals surface area contributed by atoms with Gasteiger partial charge in [-0.1, -0.05) is 5.16 Å². The Balaban J connectivity index is 0.00000196. The Labute approximate surface area is 179 Å². The highest BCUT2D eigenvalue weighted by Crippen LogP contribution is 2.17. The molecule has 3 heterocycles. The van der Waals surface area contributed by atoms with Crippen molar-refractivity contribution in [3.8, 4) is 0 Å². The van der Waals surface area contributed by atoms with Crippen LogP contribution in [0.1, 0.15) is 50.9 Å². The van der Waals surface area contributed by atoms with Crippen LogP contribution in [0.3, 0.4) is 0 Å². The summed E-state index contributed by atoms with van der Waals surface area (Å²) in [7, 11) is 0. The Hall–Kier alpha value is -0.930. The molecule has 0 radical (unpaired) electrons. The average molecular weight is 438 g/mol. The standard InChI is InChI=1S/C18H31N5O3.2ClH/c1-3-25-14(2)18-20-16(26-21-18)13-22-8-10-23(11-9-22)17(24)5-4-15-6-7-19-12-15;;/h14-15,19H,3-13H2,1-2H3;2*1H. The maximum Gasteiger partial charge on any atom is 0.240 e. The lowest BCUT2D eigenvalue weighted by Crippen LogP contribution is -2.48. The summed E-state index contributed by atoms with van der Waals surface area (Å²) >= 11 is 0. The second kappa shape index (κ2) is 12.6. The summed E-state index contributed by atoms with van der Waals surface area (Å²) in [5, 5.41) is 7.36. The first-order chi connectivity index (χ1) is 12.7. The van der Waals surface area contributed by atoms with Gasteiger partial charge in [0.1, 0.15) is 6.10 Å². The van der Waals surface area contributed by atoms with Crippen molar-refractivity contribution in [3.63, 3.8) is 0 Å². The predicted molar refractivity (Wildman–Crippen MR) is 111 cm³/mol. The van der Waals surface area contributed by atoms with Gasteiger partial charge in [0.15, 0.2) is 5.82 Å².